The van der Waals surface area contributed by atoms with E-state index in [0.29, 0.717) is 28.8 Å². The van der Waals surface area contributed by atoms with Crippen molar-refractivity contribution in [3.8, 4) is 5.82 Å². The van der Waals surface area contributed by atoms with Crippen LogP contribution in [0.5, 0.6) is 0 Å². The number of hydrogen-bond acceptors (Lipinski definition) is 6. The molecule has 0 radical (unpaired) electrons. The Hall–Kier alpha value is -2.85. The van der Waals surface area contributed by atoms with Crippen LogP contribution in [0.4, 0.5) is 10.1 Å². The minimum Gasteiger partial charge on any atom is -0.342 e. The fraction of sp³-hybridized carbons (Fsp3) is 0.263. The van der Waals surface area contributed by atoms with Crippen molar-refractivity contribution in [2.45, 2.75) is 19.4 Å². The maximum atomic E-state index is 13.5. The summed E-state index contributed by atoms with van der Waals surface area (Å²) < 4.78 is 31.5. The molecule has 0 unspecified atom stereocenters. The number of halogens is 2. The van der Waals surface area contributed by atoms with Gasteiger partial charge in [0, 0.05) is 22.1 Å². The second-order valence-corrected chi connectivity index (χ2v) is 9.86. The molecule has 0 saturated carbocycles. The maximum absolute atomic E-state index is 13.5. The molecule has 1 aliphatic rings. The fourth-order valence-corrected chi connectivity index (χ4v) is 4.66. The van der Waals surface area contributed by atoms with Gasteiger partial charge in [0.15, 0.2) is 11.6 Å². The summed E-state index contributed by atoms with van der Waals surface area (Å²) >= 11 is 5.82. The molecule has 1 saturated heterocycles. The molecule has 4 rings (SSSR count). The Morgan fingerprint density at radius 1 is 1.30 bits per heavy atom. The van der Waals surface area contributed by atoms with Gasteiger partial charge in [0.05, 0.1) is 27.7 Å². The number of pyridine rings is 1. The van der Waals surface area contributed by atoms with Crippen molar-refractivity contribution in [3.05, 3.63) is 65.1 Å². The summed E-state index contributed by atoms with van der Waals surface area (Å²) in [5.41, 5.74) is 0.654. The monoisotopic (exact) mass is 448 g/mol. The molecule has 0 aliphatic carbocycles. The number of benzene rings is 1. The van der Waals surface area contributed by atoms with Gasteiger partial charge >= 0.3 is 0 Å². The lowest BCUT2D eigenvalue weighted by atomic mass is 10.2. The third kappa shape index (κ3) is 4.34. The first kappa shape index (κ1) is 20.4. The van der Waals surface area contributed by atoms with Crippen LogP contribution in [0, 0.1) is 5.82 Å². The van der Waals surface area contributed by atoms with E-state index in [4.69, 9.17) is 11.6 Å². The Morgan fingerprint density at radius 2 is 2.10 bits per heavy atom. The fourth-order valence-electron chi connectivity index (χ4n) is 2.98. The molecule has 0 bridgehead atoms. The van der Waals surface area contributed by atoms with Crippen LogP contribution in [0.3, 0.4) is 0 Å². The molecule has 156 valence electrons. The highest BCUT2D eigenvalue weighted by atomic mass is 35.5. The van der Waals surface area contributed by atoms with Gasteiger partial charge in [-0.05, 0) is 43.7 Å². The van der Waals surface area contributed by atoms with Crippen molar-refractivity contribution >= 4 is 32.9 Å². The molecule has 0 spiro atoms. The van der Waals surface area contributed by atoms with Crippen molar-refractivity contribution in [1.29, 1.82) is 0 Å². The predicted molar refractivity (Wildman–Crippen MR) is 111 cm³/mol. The number of hydrogen-bond donors (Lipinski definition) is 1. The molecule has 3 heterocycles. The SMILES string of the molecule is C[C@H](NC(=O)c1cc(F)cc(Cl)c1)c1ncnn1-c1ccc(N=S2(=O)CCC2)cn1. The number of aromatic nitrogens is 4. The summed E-state index contributed by atoms with van der Waals surface area (Å²) in [6.07, 6.45) is 3.81. The second kappa shape index (κ2) is 8.11. The average Bonchev–Trinajstić information content (AvgIpc) is 3.16. The van der Waals surface area contributed by atoms with Gasteiger partial charge in [-0.25, -0.2) is 18.6 Å². The lowest BCUT2D eigenvalue weighted by Gasteiger charge is -2.17. The molecule has 3 aromatic rings. The van der Waals surface area contributed by atoms with E-state index in [1.54, 1.807) is 19.1 Å². The molecular weight excluding hydrogens is 431 g/mol. The molecule has 1 aliphatic heterocycles. The Balaban J connectivity index is 1.53. The van der Waals surface area contributed by atoms with Gasteiger partial charge in [-0.2, -0.15) is 14.1 Å². The molecular formula is C19H18ClFN6O2S. The van der Waals surface area contributed by atoms with Crippen LogP contribution in [0.1, 0.15) is 35.6 Å². The third-order valence-electron chi connectivity index (χ3n) is 4.58. The van der Waals surface area contributed by atoms with E-state index < -0.39 is 27.5 Å². The van der Waals surface area contributed by atoms with Crippen molar-refractivity contribution < 1.29 is 13.4 Å². The predicted octanol–water partition coefficient (Wildman–Crippen LogP) is 3.45. The average molecular weight is 449 g/mol. The van der Waals surface area contributed by atoms with Crippen LogP contribution in [-0.4, -0.2) is 41.4 Å². The van der Waals surface area contributed by atoms with Crippen LogP contribution in [-0.2, 0) is 9.73 Å². The zero-order chi connectivity index (χ0) is 21.3. The Labute approximate surface area is 177 Å². The summed E-state index contributed by atoms with van der Waals surface area (Å²) in [5, 5.41) is 7.05. The van der Waals surface area contributed by atoms with Crippen LogP contribution in [0.15, 0.2) is 47.2 Å². The number of nitrogens with zero attached hydrogens (tertiary/aromatic N) is 5. The van der Waals surface area contributed by atoms with Gasteiger partial charge in [-0.15, -0.1) is 0 Å². The number of amides is 1. The summed E-state index contributed by atoms with van der Waals surface area (Å²) in [6, 6.07) is 6.48. The van der Waals surface area contributed by atoms with E-state index in [0.717, 1.165) is 18.6 Å². The van der Waals surface area contributed by atoms with E-state index in [1.807, 2.05) is 0 Å². The summed E-state index contributed by atoms with van der Waals surface area (Å²) in [6.45, 7) is 1.73. The Morgan fingerprint density at radius 3 is 2.73 bits per heavy atom. The minimum atomic E-state index is -2.11. The molecule has 30 heavy (non-hydrogen) atoms. The van der Waals surface area contributed by atoms with Crippen molar-refractivity contribution in [3.63, 3.8) is 0 Å². The summed E-state index contributed by atoms with van der Waals surface area (Å²) in [5.74, 6) is 1.06. The van der Waals surface area contributed by atoms with Crippen LogP contribution >= 0.6 is 11.6 Å². The minimum absolute atomic E-state index is 0.104. The van der Waals surface area contributed by atoms with Crippen molar-refractivity contribution in [2.24, 2.45) is 4.36 Å². The summed E-state index contributed by atoms with van der Waals surface area (Å²) in [7, 11) is -2.11. The number of carbonyl (C=O) groups is 1. The number of nitrogens with one attached hydrogen (secondary N) is 1. The lowest BCUT2D eigenvalue weighted by Crippen LogP contribution is -2.29. The van der Waals surface area contributed by atoms with Gasteiger partial charge < -0.3 is 5.32 Å². The molecule has 1 amide bonds. The highest BCUT2D eigenvalue weighted by Crippen LogP contribution is 2.22. The van der Waals surface area contributed by atoms with Gasteiger partial charge in [0.25, 0.3) is 5.91 Å². The molecule has 1 atom stereocenters. The zero-order valence-electron chi connectivity index (χ0n) is 16.0. The topological polar surface area (TPSA) is 102 Å². The van der Waals surface area contributed by atoms with Crippen LogP contribution in [0.2, 0.25) is 5.02 Å². The van der Waals surface area contributed by atoms with E-state index in [9.17, 15) is 13.4 Å². The number of rotatable bonds is 5. The van der Waals surface area contributed by atoms with Crippen molar-refractivity contribution in [1.82, 2.24) is 25.1 Å². The molecule has 2 aromatic heterocycles. The molecule has 11 heteroatoms. The largest absolute Gasteiger partial charge is 0.342 e. The molecule has 8 nitrogen and oxygen atoms in total. The van der Waals surface area contributed by atoms with E-state index in [2.05, 4.69) is 24.7 Å². The highest BCUT2D eigenvalue weighted by Gasteiger charge is 2.20. The van der Waals surface area contributed by atoms with E-state index in [1.165, 1.54) is 23.3 Å². The highest BCUT2D eigenvalue weighted by molar-refractivity contribution is 7.95. The van der Waals surface area contributed by atoms with Crippen molar-refractivity contribution in [2.75, 3.05) is 11.5 Å². The molecule has 1 aromatic carbocycles. The first-order valence-electron chi connectivity index (χ1n) is 9.19. The maximum Gasteiger partial charge on any atom is 0.252 e. The van der Waals surface area contributed by atoms with Gasteiger partial charge in [-0.1, -0.05) is 11.6 Å². The first-order valence-corrected chi connectivity index (χ1v) is 11.4. The number of carbonyl (C=O) groups excluding carboxylic acids is 1. The van der Waals surface area contributed by atoms with E-state index >= 15 is 0 Å². The van der Waals surface area contributed by atoms with Gasteiger partial charge in [0.2, 0.25) is 0 Å². The lowest BCUT2D eigenvalue weighted by molar-refractivity contribution is 0.0937. The molecule has 1 N–H and O–H groups in total. The second-order valence-electron chi connectivity index (χ2n) is 6.88. The van der Waals surface area contributed by atoms with Crippen LogP contribution in [0.25, 0.3) is 5.82 Å². The smallest absolute Gasteiger partial charge is 0.252 e. The Bertz CT molecular complexity index is 1190. The van der Waals surface area contributed by atoms with Crippen LogP contribution < -0.4 is 5.32 Å². The van der Waals surface area contributed by atoms with E-state index in [-0.39, 0.29) is 10.6 Å². The molecule has 1 fully saturated rings. The third-order valence-corrected chi connectivity index (χ3v) is 7.20. The standard InChI is InChI=1S/C19H18ClFN6O2S/c1-12(25-19(28)13-7-14(20)9-15(21)8-13)18-23-11-24-27(18)17-4-3-16(10-22-17)26-30(29)5-2-6-30/h3-4,7-12H,2,5-6H2,1H3,(H,25,28)/t12-/m0/s1. The first-order chi connectivity index (χ1) is 14.3. The quantitative estimate of drug-likeness (QED) is 0.644. The van der Waals surface area contributed by atoms with Gasteiger partial charge in [0.1, 0.15) is 12.1 Å². The normalized spacial score (nSPS) is 15.8. The van der Waals surface area contributed by atoms with Gasteiger partial charge in [-0.3, -0.25) is 4.79 Å². The zero-order valence-corrected chi connectivity index (χ0v) is 17.5. The Kier molecular flexibility index (Phi) is 5.52. The summed E-state index contributed by atoms with van der Waals surface area (Å²) in [4.78, 5) is 21.0.